The topological polar surface area (TPSA) is 55.1 Å². The quantitative estimate of drug-likeness (QED) is 0.941. The minimum absolute atomic E-state index is 0.250. The van der Waals surface area contributed by atoms with Crippen LogP contribution in [0.4, 0.5) is 0 Å². The van der Waals surface area contributed by atoms with Gasteiger partial charge in [-0.2, -0.15) is 5.10 Å². The zero-order valence-electron chi connectivity index (χ0n) is 11.7. The fraction of sp³-hybridized carbons (Fsp3) is 0.333. The maximum Gasteiger partial charge on any atom is 0.339 e. The number of aromatic carboxylic acids is 1. The van der Waals surface area contributed by atoms with Gasteiger partial charge in [0.05, 0.1) is 12.2 Å². The molecule has 0 atom stereocenters. The third-order valence-electron chi connectivity index (χ3n) is 2.94. The molecule has 0 bridgehead atoms. The van der Waals surface area contributed by atoms with Gasteiger partial charge in [0, 0.05) is 16.6 Å². The Bertz CT molecular complexity index is 642. The Morgan fingerprint density at radius 2 is 2.10 bits per heavy atom. The fourth-order valence-corrected chi connectivity index (χ4v) is 2.25. The molecule has 1 aromatic carbocycles. The Labute approximate surface area is 123 Å². The number of hydrogen-bond acceptors (Lipinski definition) is 2. The zero-order valence-corrected chi connectivity index (χ0v) is 12.5. The predicted octanol–water partition coefficient (Wildman–Crippen LogP) is 3.58. The second-order valence-electron chi connectivity index (χ2n) is 5.77. The number of benzene rings is 1. The van der Waals surface area contributed by atoms with Gasteiger partial charge in [-0.3, -0.25) is 4.68 Å². The summed E-state index contributed by atoms with van der Waals surface area (Å²) in [4.78, 5) is 11.3. The molecule has 2 rings (SSSR count). The van der Waals surface area contributed by atoms with Crippen LogP contribution in [-0.4, -0.2) is 20.9 Å². The molecule has 0 unspecified atom stereocenters. The first kappa shape index (κ1) is 14.6. The van der Waals surface area contributed by atoms with Crippen molar-refractivity contribution in [1.29, 1.82) is 0 Å². The normalized spacial score (nSPS) is 11.6. The van der Waals surface area contributed by atoms with Crippen molar-refractivity contribution in [3.05, 3.63) is 52.3 Å². The smallest absolute Gasteiger partial charge is 0.339 e. The van der Waals surface area contributed by atoms with Crippen molar-refractivity contribution in [2.75, 3.05) is 0 Å². The summed E-state index contributed by atoms with van der Waals surface area (Å²) in [6, 6.07) is 7.45. The van der Waals surface area contributed by atoms with Crippen LogP contribution in [0.1, 0.15) is 42.4 Å². The average Bonchev–Trinajstić information content (AvgIpc) is 2.73. The highest BCUT2D eigenvalue weighted by Crippen LogP contribution is 2.24. The second-order valence-corrected chi connectivity index (χ2v) is 6.21. The third kappa shape index (κ3) is 3.20. The summed E-state index contributed by atoms with van der Waals surface area (Å²) in [7, 11) is 0. The molecule has 1 N–H and O–H groups in total. The number of rotatable bonds is 3. The van der Waals surface area contributed by atoms with Crippen molar-refractivity contribution in [1.82, 2.24) is 9.78 Å². The van der Waals surface area contributed by atoms with E-state index < -0.39 is 5.97 Å². The summed E-state index contributed by atoms with van der Waals surface area (Å²) in [6.07, 6.45) is 1.57. The van der Waals surface area contributed by atoms with Crippen molar-refractivity contribution < 1.29 is 9.90 Å². The minimum Gasteiger partial charge on any atom is -0.478 e. The maximum absolute atomic E-state index is 11.3. The molecule has 0 amide bonds. The van der Waals surface area contributed by atoms with E-state index >= 15 is 0 Å². The number of carboxylic acid groups (broad SMARTS) is 1. The molecule has 5 heteroatoms. The Kier molecular flexibility index (Phi) is 3.86. The Balaban J connectivity index is 2.37. The molecular formula is C15H17ClN2O2. The SMILES string of the molecule is CC(C)(C)c1nn(Cc2cccc(Cl)c2)cc1C(=O)O. The highest BCUT2D eigenvalue weighted by atomic mass is 35.5. The Morgan fingerprint density at radius 1 is 1.40 bits per heavy atom. The third-order valence-corrected chi connectivity index (χ3v) is 3.17. The van der Waals surface area contributed by atoms with Gasteiger partial charge in [-0.15, -0.1) is 0 Å². The van der Waals surface area contributed by atoms with Gasteiger partial charge in [0.15, 0.2) is 0 Å². The lowest BCUT2D eigenvalue weighted by Gasteiger charge is -2.16. The van der Waals surface area contributed by atoms with Crippen LogP contribution in [0.3, 0.4) is 0 Å². The molecule has 2 aromatic rings. The molecule has 1 heterocycles. The van der Waals surface area contributed by atoms with E-state index in [2.05, 4.69) is 5.10 Å². The zero-order chi connectivity index (χ0) is 14.9. The van der Waals surface area contributed by atoms with E-state index in [1.807, 2.05) is 39.0 Å². The largest absolute Gasteiger partial charge is 0.478 e. The van der Waals surface area contributed by atoms with Crippen LogP contribution in [0.5, 0.6) is 0 Å². The summed E-state index contributed by atoms with van der Waals surface area (Å²) >= 11 is 5.95. The van der Waals surface area contributed by atoms with E-state index in [1.54, 1.807) is 16.9 Å². The van der Waals surface area contributed by atoms with E-state index in [0.717, 1.165) is 5.56 Å². The van der Waals surface area contributed by atoms with Crippen molar-refractivity contribution in [2.24, 2.45) is 0 Å². The van der Waals surface area contributed by atoms with Crippen LogP contribution in [0.25, 0.3) is 0 Å². The lowest BCUT2D eigenvalue weighted by Crippen LogP contribution is -2.16. The molecule has 0 saturated heterocycles. The molecule has 0 aliphatic rings. The van der Waals surface area contributed by atoms with Gasteiger partial charge in [-0.25, -0.2) is 4.79 Å². The van der Waals surface area contributed by atoms with Crippen molar-refractivity contribution >= 4 is 17.6 Å². The van der Waals surface area contributed by atoms with Gasteiger partial charge in [0.25, 0.3) is 0 Å². The lowest BCUT2D eigenvalue weighted by atomic mass is 9.90. The average molecular weight is 293 g/mol. The molecule has 20 heavy (non-hydrogen) atoms. The molecule has 106 valence electrons. The van der Waals surface area contributed by atoms with Gasteiger partial charge in [0.2, 0.25) is 0 Å². The summed E-state index contributed by atoms with van der Waals surface area (Å²) in [5.41, 5.74) is 1.51. The van der Waals surface area contributed by atoms with Crippen LogP contribution < -0.4 is 0 Å². The second kappa shape index (κ2) is 5.29. The number of carboxylic acids is 1. The minimum atomic E-state index is -0.952. The van der Waals surface area contributed by atoms with Gasteiger partial charge < -0.3 is 5.11 Å². The van der Waals surface area contributed by atoms with Crippen LogP contribution in [-0.2, 0) is 12.0 Å². The lowest BCUT2D eigenvalue weighted by molar-refractivity contribution is 0.0694. The van der Waals surface area contributed by atoms with Crippen LogP contribution in [0.15, 0.2) is 30.5 Å². The van der Waals surface area contributed by atoms with E-state index in [1.165, 1.54) is 0 Å². The van der Waals surface area contributed by atoms with Crippen LogP contribution >= 0.6 is 11.6 Å². The van der Waals surface area contributed by atoms with E-state index in [9.17, 15) is 9.90 Å². The Hall–Kier alpha value is -1.81. The van der Waals surface area contributed by atoms with Crippen molar-refractivity contribution in [3.63, 3.8) is 0 Å². The Morgan fingerprint density at radius 3 is 2.60 bits per heavy atom. The first-order valence-corrected chi connectivity index (χ1v) is 6.71. The van der Waals surface area contributed by atoms with Gasteiger partial charge >= 0.3 is 5.97 Å². The number of nitrogens with zero attached hydrogens (tertiary/aromatic N) is 2. The van der Waals surface area contributed by atoms with Gasteiger partial charge in [-0.05, 0) is 17.7 Å². The van der Waals surface area contributed by atoms with Crippen molar-refractivity contribution in [2.45, 2.75) is 32.7 Å². The summed E-state index contributed by atoms with van der Waals surface area (Å²) in [5.74, 6) is -0.952. The highest BCUT2D eigenvalue weighted by molar-refractivity contribution is 6.30. The number of halogens is 1. The van der Waals surface area contributed by atoms with E-state index in [0.29, 0.717) is 17.3 Å². The monoisotopic (exact) mass is 292 g/mol. The summed E-state index contributed by atoms with van der Waals surface area (Å²) in [5, 5.41) is 14.4. The molecule has 0 spiro atoms. The predicted molar refractivity (Wildman–Crippen MR) is 78.4 cm³/mol. The molecule has 0 saturated carbocycles. The number of hydrogen-bond donors (Lipinski definition) is 1. The van der Waals surface area contributed by atoms with Crippen LogP contribution in [0, 0.1) is 0 Å². The molecular weight excluding hydrogens is 276 g/mol. The van der Waals surface area contributed by atoms with Gasteiger partial charge in [0.1, 0.15) is 5.56 Å². The number of aromatic nitrogens is 2. The summed E-state index contributed by atoms with van der Waals surface area (Å²) < 4.78 is 1.65. The highest BCUT2D eigenvalue weighted by Gasteiger charge is 2.25. The molecule has 1 aromatic heterocycles. The van der Waals surface area contributed by atoms with E-state index in [-0.39, 0.29) is 11.0 Å². The molecule has 0 fully saturated rings. The van der Waals surface area contributed by atoms with Crippen molar-refractivity contribution in [3.8, 4) is 0 Å². The van der Waals surface area contributed by atoms with Gasteiger partial charge in [-0.1, -0.05) is 44.5 Å². The molecule has 0 aliphatic carbocycles. The first-order valence-electron chi connectivity index (χ1n) is 6.33. The maximum atomic E-state index is 11.3. The molecule has 0 radical (unpaired) electrons. The number of carbonyl (C=O) groups is 1. The van der Waals surface area contributed by atoms with E-state index in [4.69, 9.17) is 11.6 Å². The fourth-order valence-electron chi connectivity index (χ4n) is 2.04. The first-order chi connectivity index (χ1) is 9.27. The standard InChI is InChI=1S/C15H17ClN2O2/c1-15(2,3)13-12(14(19)20)9-18(17-13)8-10-5-4-6-11(16)7-10/h4-7,9H,8H2,1-3H3,(H,19,20). The van der Waals surface area contributed by atoms with Crippen LogP contribution in [0.2, 0.25) is 5.02 Å². The molecule has 0 aliphatic heterocycles. The molecule has 4 nitrogen and oxygen atoms in total. The summed E-state index contributed by atoms with van der Waals surface area (Å²) in [6.45, 7) is 6.35.